The monoisotopic (exact) mass is 637 g/mol. The number of nitrogens with zero attached hydrogens (tertiary/aromatic N) is 1. The van der Waals surface area contributed by atoms with Crippen molar-refractivity contribution in [1.29, 1.82) is 0 Å². The lowest BCUT2D eigenvalue weighted by Gasteiger charge is -2.26. The fraction of sp³-hybridized carbons (Fsp3) is 0. The van der Waals surface area contributed by atoms with E-state index < -0.39 is 0 Å². The first-order valence-electron chi connectivity index (χ1n) is 17.1. The van der Waals surface area contributed by atoms with E-state index in [1.165, 1.54) is 43.8 Å². The van der Waals surface area contributed by atoms with Gasteiger partial charge in [-0.2, -0.15) is 0 Å². The maximum Gasteiger partial charge on any atom is 0.143 e. The van der Waals surface area contributed by atoms with Gasteiger partial charge in [0.2, 0.25) is 0 Å². The van der Waals surface area contributed by atoms with Gasteiger partial charge < -0.3 is 9.32 Å². The molecule has 9 aromatic carbocycles. The quantitative estimate of drug-likeness (QED) is 0.187. The highest BCUT2D eigenvalue weighted by Crippen LogP contribution is 2.41. The van der Waals surface area contributed by atoms with Gasteiger partial charge in [0.15, 0.2) is 0 Å². The molecule has 0 bridgehead atoms. The first kappa shape index (κ1) is 28.4. The Morgan fingerprint density at radius 2 is 0.800 bits per heavy atom. The van der Waals surface area contributed by atoms with Crippen molar-refractivity contribution in [2.75, 3.05) is 4.90 Å². The van der Waals surface area contributed by atoms with Crippen molar-refractivity contribution in [1.82, 2.24) is 0 Å². The van der Waals surface area contributed by atoms with Crippen molar-refractivity contribution in [2.45, 2.75) is 0 Å². The Morgan fingerprint density at radius 3 is 1.42 bits per heavy atom. The molecule has 0 fully saturated rings. The van der Waals surface area contributed by atoms with Gasteiger partial charge in [-0.3, -0.25) is 0 Å². The van der Waals surface area contributed by atoms with Crippen molar-refractivity contribution >= 4 is 71.3 Å². The van der Waals surface area contributed by atoms with E-state index in [1.54, 1.807) is 0 Å². The Kier molecular flexibility index (Phi) is 6.53. The van der Waals surface area contributed by atoms with Crippen molar-refractivity contribution < 1.29 is 4.42 Å². The van der Waals surface area contributed by atoms with E-state index in [9.17, 15) is 0 Å². The normalized spacial score (nSPS) is 11.6. The van der Waals surface area contributed by atoms with Gasteiger partial charge >= 0.3 is 0 Å². The lowest BCUT2D eigenvalue weighted by atomic mass is 9.97. The molecule has 0 unspecified atom stereocenters. The molecule has 0 saturated heterocycles. The minimum Gasteiger partial charge on any atom is -0.455 e. The molecule has 1 aromatic heterocycles. The van der Waals surface area contributed by atoms with Crippen LogP contribution in [0.4, 0.5) is 17.1 Å². The molecular weight excluding hydrogens is 607 g/mol. The van der Waals surface area contributed by atoms with Crippen LogP contribution in [0.2, 0.25) is 0 Å². The summed E-state index contributed by atoms with van der Waals surface area (Å²) in [6, 6.07) is 67.5. The predicted molar refractivity (Wildman–Crippen MR) is 212 cm³/mol. The molecule has 1 heterocycles. The molecule has 0 amide bonds. The summed E-state index contributed by atoms with van der Waals surface area (Å²) in [5.74, 6) is 0. The standard InChI is InChI=1S/C48H31NO/c1-3-13-40-32(9-1)11-7-16-42(40)34-19-25-37(26-20-34)49(38-27-21-35(22-28-38)43-17-8-12-33-10-2-4-14-41(33)43)39-29-23-36-24-30-45-44-15-5-6-18-47(44)50-48(45)46(36)31-39/h1-31H. The molecule has 0 N–H and O–H groups in total. The Hall–Kier alpha value is -6.64. The maximum atomic E-state index is 6.49. The largest absolute Gasteiger partial charge is 0.455 e. The molecule has 2 nitrogen and oxygen atoms in total. The molecule has 10 rings (SSSR count). The van der Waals surface area contributed by atoms with Crippen LogP contribution in [0.15, 0.2) is 192 Å². The number of anilines is 3. The van der Waals surface area contributed by atoms with Crippen LogP contribution in [0.5, 0.6) is 0 Å². The van der Waals surface area contributed by atoms with E-state index in [0.717, 1.165) is 49.8 Å². The number of furan rings is 1. The van der Waals surface area contributed by atoms with Crippen molar-refractivity contribution in [3.8, 4) is 22.3 Å². The van der Waals surface area contributed by atoms with E-state index in [4.69, 9.17) is 4.42 Å². The van der Waals surface area contributed by atoms with E-state index in [2.05, 4.69) is 181 Å². The summed E-state index contributed by atoms with van der Waals surface area (Å²) in [5.41, 5.74) is 9.93. The predicted octanol–water partition coefficient (Wildman–Crippen LogP) is 13.8. The third kappa shape index (κ3) is 4.65. The fourth-order valence-corrected chi connectivity index (χ4v) is 7.61. The Balaban J connectivity index is 1.13. The highest BCUT2D eigenvalue weighted by molar-refractivity contribution is 6.15. The van der Waals surface area contributed by atoms with E-state index in [-0.39, 0.29) is 0 Å². The highest BCUT2D eigenvalue weighted by Gasteiger charge is 2.17. The van der Waals surface area contributed by atoms with Gasteiger partial charge in [0.1, 0.15) is 11.2 Å². The second-order valence-corrected chi connectivity index (χ2v) is 12.9. The molecule has 0 aliphatic carbocycles. The lowest BCUT2D eigenvalue weighted by molar-refractivity contribution is 0.672. The second-order valence-electron chi connectivity index (χ2n) is 12.9. The number of benzene rings is 9. The van der Waals surface area contributed by atoms with Crippen LogP contribution < -0.4 is 4.90 Å². The molecule has 0 atom stereocenters. The van der Waals surface area contributed by atoms with Crippen LogP contribution in [0.25, 0.3) is 76.5 Å². The van der Waals surface area contributed by atoms with E-state index in [0.29, 0.717) is 0 Å². The van der Waals surface area contributed by atoms with Crippen LogP contribution in [0.1, 0.15) is 0 Å². The van der Waals surface area contributed by atoms with Crippen LogP contribution in [-0.2, 0) is 0 Å². The highest BCUT2D eigenvalue weighted by atomic mass is 16.3. The first-order valence-corrected chi connectivity index (χ1v) is 17.1. The van der Waals surface area contributed by atoms with Gasteiger partial charge in [-0.05, 0) is 97.7 Å². The number of fused-ring (bicyclic) bond motifs is 7. The molecule has 234 valence electrons. The summed E-state index contributed by atoms with van der Waals surface area (Å²) in [4.78, 5) is 2.35. The zero-order valence-electron chi connectivity index (χ0n) is 27.3. The molecule has 0 aliphatic rings. The molecule has 0 spiro atoms. The number of rotatable bonds is 5. The van der Waals surface area contributed by atoms with E-state index in [1.807, 2.05) is 12.1 Å². The molecular formula is C48H31NO. The van der Waals surface area contributed by atoms with Crippen LogP contribution in [0.3, 0.4) is 0 Å². The molecule has 50 heavy (non-hydrogen) atoms. The average Bonchev–Trinajstić information content (AvgIpc) is 3.58. The Bertz CT molecular complexity index is 2730. The topological polar surface area (TPSA) is 16.4 Å². The summed E-state index contributed by atoms with van der Waals surface area (Å²) in [6.45, 7) is 0. The maximum absolute atomic E-state index is 6.49. The SMILES string of the molecule is c1ccc2c(-c3ccc(N(c4ccc(-c5cccc6ccccc56)cc4)c4ccc5ccc6c7ccccc7oc6c5c4)cc3)cccc2c1. The van der Waals surface area contributed by atoms with Crippen molar-refractivity contribution in [2.24, 2.45) is 0 Å². The molecule has 10 aromatic rings. The lowest BCUT2D eigenvalue weighted by Crippen LogP contribution is -2.09. The fourth-order valence-electron chi connectivity index (χ4n) is 7.61. The van der Waals surface area contributed by atoms with Gasteiger partial charge in [-0.25, -0.2) is 0 Å². The third-order valence-corrected chi connectivity index (χ3v) is 10.1. The zero-order valence-corrected chi connectivity index (χ0v) is 27.3. The molecule has 0 aliphatic heterocycles. The summed E-state index contributed by atoms with van der Waals surface area (Å²) >= 11 is 0. The summed E-state index contributed by atoms with van der Waals surface area (Å²) in [6.07, 6.45) is 0. The Morgan fingerprint density at radius 1 is 0.320 bits per heavy atom. The van der Waals surface area contributed by atoms with Crippen LogP contribution in [-0.4, -0.2) is 0 Å². The van der Waals surface area contributed by atoms with Crippen LogP contribution >= 0.6 is 0 Å². The summed E-state index contributed by atoms with van der Waals surface area (Å²) in [7, 11) is 0. The summed E-state index contributed by atoms with van der Waals surface area (Å²) in [5, 5.41) is 9.53. The van der Waals surface area contributed by atoms with E-state index >= 15 is 0 Å². The minimum absolute atomic E-state index is 0.908. The minimum atomic E-state index is 0.908. The first-order chi connectivity index (χ1) is 24.8. The van der Waals surface area contributed by atoms with Crippen molar-refractivity contribution in [3.05, 3.63) is 188 Å². The molecule has 0 saturated carbocycles. The number of hydrogen-bond acceptors (Lipinski definition) is 2. The number of para-hydroxylation sites is 1. The van der Waals surface area contributed by atoms with Gasteiger partial charge in [0.25, 0.3) is 0 Å². The Labute approximate surface area is 290 Å². The van der Waals surface area contributed by atoms with Gasteiger partial charge in [-0.15, -0.1) is 0 Å². The average molecular weight is 638 g/mol. The zero-order chi connectivity index (χ0) is 33.0. The number of hydrogen-bond donors (Lipinski definition) is 0. The molecule has 2 heteroatoms. The van der Waals surface area contributed by atoms with Gasteiger partial charge in [-0.1, -0.05) is 140 Å². The van der Waals surface area contributed by atoms with Crippen LogP contribution in [0, 0.1) is 0 Å². The van der Waals surface area contributed by atoms with Gasteiger partial charge in [0, 0.05) is 33.2 Å². The third-order valence-electron chi connectivity index (χ3n) is 10.1. The smallest absolute Gasteiger partial charge is 0.143 e. The second kappa shape index (κ2) is 11.5. The summed E-state index contributed by atoms with van der Waals surface area (Å²) < 4.78 is 6.49. The van der Waals surface area contributed by atoms with Gasteiger partial charge in [0.05, 0.1) is 0 Å². The molecule has 0 radical (unpaired) electrons. The van der Waals surface area contributed by atoms with Crippen molar-refractivity contribution in [3.63, 3.8) is 0 Å².